The number of halogens is 1. The third-order valence-corrected chi connectivity index (χ3v) is 3.82. The van der Waals surface area contributed by atoms with Gasteiger partial charge in [0.2, 0.25) is 0 Å². The monoisotopic (exact) mass is 272 g/mol. The van der Waals surface area contributed by atoms with E-state index in [9.17, 15) is 9.18 Å². The number of carbonyl (C=O) groups is 1. The molecule has 0 aromatic heterocycles. The van der Waals surface area contributed by atoms with Gasteiger partial charge < -0.3 is 4.74 Å². The third kappa shape index (κ3) is 9.92. The Morgan fingerprint density at radius 2 is 1.26 bits per heavy atom. The first-order chi connectivity index (χ1) is 9.29. The summed E-state index contributed by atoms with van der Waals surface area (Å²) in [6.07, 6.45) is 13.0. The van der Waals surface area contributed by atoms with Crippen molar-refractivity contribution in [2.75, 3.05) is 6.61 Å². The van der Waals surface area contributed by atoms with Gasteiger partial charge in [-0.05, 0) is 12.8 Å². The molecule has 0 saturated carbocycles. The number of ether oxygens (including phenoxy) is 1. The molecule has 1 saturated heterocycles. The van der Waals surface area contributed by atoms with Gasteiger partial charge in [0.15, 0.2) is 0 Å². The number of hydrogen-bond donors (Lipinski definition) is 0. The first kappa shape index (κ1) is 16.5. The van der Waals surface area contributed by atoms with E-state index in [-0.39, 0.29) is 12.6 Å². The molecule has 1 unspecified atom stereocenters. The smallest absolute Gasteiger partial charge is 0.305 e. The van der Waals surface area contributed by atoms with E-state index in [1.165, 1.54) is 44.9 Å². The molecule has 1 atom stereocenters. The fourth-order valence-corrected chi connectivity index (χ4v) is 2.57. The second-order valence-electron chi connectivity index (χ2n) is 5.71. The van der Waals surface area contributed by atoms with Crippen molar-refractivity contribution in [3.05, 3.63) is 0 Å². The predicted molar refractivity (Wildman–Crippen MR) is 75.9 cm³/mol. The fourth-order valence-electron chi connectivity index (χ4n) is 2.57. The summed E-state index contributed by atoms with van der Waals surface area (Å²) < 4.78 is 18.4. The summed E-state index contributed by atoms with van der Waals surface area (Å²) >= 11 is 0. The molecule has 0 radical (unpaired) electrons. The molecule has 0 aromatic carbocycles. The van der Waals surface area contributed by atoms with Gasteiger partial charge in [-0.2, -0.15) is 0 Å². The number of carbonyl (C=O) groups excluding carboxylic acids is 1. The second kappa shape index (κ2) is 11.2. The summed E-state index contributed by atoms with van der Waals surface area (Å²) in [4.78, 5) is 11.4. The fraction of sp³-hybridized carbons (Fsp3) is 0.938. The van der Waals surface area contributed by atoms with Crippen LogP contribution in [0.15, 0.2) is 0 Å². The van der Waals surface area contributed by atoms with Crippen molar-refractivity contribution in [3.63, 3.8) is 0 Å². The molecule has 1 fully saturated rings. The SMILES string of the molecule is O=C1CCCCCCCCCCCCCC(F)CO1. The predicted octanol–water partition coefficient (Wildman–Crippen LogP) is 4.95. The highest BCUT2D eigenvalue weighted by Crippen LogP contribution is 2.14. The van der Waals surface area contributed by atoms with Gasteiger partial charge in [0.05, 0.1) is 0 Å². The molecule has 1 rings (SSSR count). The van der Waals surface area contributed by atoms with E-state index < -0.39 is 6.17 Å². The Balaban J connectivity index is 2.21. The lowest BCUT2D eigenvalue weighted by Gasteiger charge is -2.09. The van der Waals surface area contributed by atoms with Gasteiger partial charge in [-0.3, -0.25) is 4.79 Å². The van der Waals surface area contributed by atoms with Crippen LogP contribution in [-0.4, -0.2) is 18.7 Å². The van der Waals surface area contributed by atoms with Crippen LogP contribution in [0.3, 0.4) is 0 Å². The zero-order valence-electron chi connectivity index (χ0n) is 12.2. The van der Waals surface area contributed by atoms with Crippen molar-refractivity contribution in [3.8, 4) is 0 Å². The number of esters is 1. The van der Waals surface area contributed by atoms with E-state index in [1.807, 2.05) is 0 Å². The zero-order valence-corrected chi connectivity index (χ0v) is 12.2. The molecule has 0 aromatic rings. The van der Waals surface area contributed by atoms with Crippen molar-refractivity contribution in [1.82, 2.24) is 0 Å². The van der Waals surface area contributed by atoms with E-state index >= 15 is 0 Å². The molecule has 0 spiro atoms. The van der Waals surface area contributed by atoms with Gasteiger partial charge in [0.25, 0.3) is 0 Å². The van der Waals surface area contributed by atoms with Gasteiger partial charge >= 0.3 is 5.97 Å². The normalized spacial score (nSPS) is 26.4. The van der Waals surface area contributed by atoms with Gasteiger partial charge in [-0.25, -0.2) is 4.39 Å². The first-order valence-corrected chi connectivity index (χ1v) is 8.09. The average molecular weight is 272 g/mol. The van der Waals surface area contributed by atoms with E-state index in [0.717, 1.165) is 25.7 Å². The van der Waals surface area contributed by atoms with Crippen LogP contribution in [-0.2, 0) is 9.53 Å². The minimum absolute atomic E-state index is 0.0428. The zero-order chi connectivity index (χ0) is 13.8. The molecule has 1 aliphatic rings. The highest BCUT2D eigenvalue weighted by molar-refractivity contribution is 5.69. The summed E-state index contributed by atoms with van der Waals surface area (Å²) in [7, 11) is 0. The highest BCUT2D eigenvalue weighted by Gasteiger charge is 2.10. The number of hydrogen-bond acceptors (Lipinski definition) is 2. The van der Waals surface area contributed by atoms with Crippen molar-refractivity contribution >= 4 is 5.97 Å². The van der Waals surface area contributed by atoms with Gasteiger partial charge in [0.1, 0.15) is 12.8 Å². The number of rotatable bonds is 0. The van der Waals surface area contributed by atoms with Crippen LogP contribution in [0.25, 0.3) is 0 Å². The number of alkyl halides is 1. The average Bonchev–Trinajstić information content (AvgIpc) is 2.41. The molecule has 0 bridgehead atoms. The Morgan fingerprint density at radius 1 is 0.789 bits per heavy atom. The minimum atomic E-state index is -0.973. The minimum Gasteiger partial charge on any atom is -0.463 e. The lowest BCUT2D eigenvalue weighted by molar-refractivity contribution is -0.145. The molecule has 1 aliphatic heterocycles. The van der Waals surface area contributed by atoms with Crippen molar-refractivity contribution in [2.24, 2.45) is 0 Å². The Hall–Kier alpha value is -0.600. The molecule has 19 heavy (non-hydrogen) atoms. The largest absolute Gasteiger partial charge is 0.463 e. The lowest BCUT2D eigenvalue weighted by Crippen LogP contribution is -2.14. The van der Waals surface area contributed by atoms with Crippen molar-refractivity contribution < 1.29 is 13.9 Å². The van der Waals surface area contributed by atoms with Crippen LogP contribution in [0.1, 0.15) is 83.5 Å². The van der Waals surface area contributed by atoms with E-state index in [0.29, 0.717) is 12.8 Å². The number of cyclic esters (lactones) is 1. The standard InChI is InChI=1S/C16H29FO2/c17-15-12-10-8-6-4-2-1-3-5-7-9-11-13-16(18)19-14-15/h15H,1-14H2. The lowest BCUT2D eigenvalue weighted by atomic mass is 10.0. The maximum absolute atomic E-state index is 13.5. The van der Waals surface area contributed by atoms with Crippen molar-refractivity contribution in [2.45, 2.75) is 89.6 Å². The summed E-state index contributed by atoms with van der Waals surface area (Å²) in [6, 6.07) is 0. The second-order valence-corrected chi connectivity index (χ2v) is 5.71. The maximum Gasteiger partial charge on any atom is 0.305 e. The highest BCUT2D eigenvalue weighted by atomic mass is 19.1. The Bertz CT molecular complexity index is 231. The Labute approximate surface area is 117 Å². The molecule has 0 N–H and O–H groups in total. The van der Waals surface area contributed by atoms with Crippen LogP contribution in [0.5, 0.6) is 0 Å². The van der Waals surface area contributed by atoms with E-state index in [2.05, 4.69) is 0 Å². The summed E-state index contributed by atoms with van der Waals surface area (Å²) in [5, 5.41) is 0. The molecule has 0 aliphatic carbocycles. The van der Waals surface area contributed by atoms with Gasteiger partial charge in [-0.15, -0.1) is 0 Å². The van der Waals surface area contributed by atoms with Crippen LogP contribution in [0.4, 0.5) is 4.39 Å². The van der Waals surface area contributed by atoms with Crippen LogP contribution in [0, 0.1) is 0 Å². The van der Waals surface area contributed by atoms with Crippen molar-refractivity contribution in [1.29, 1.82) is 0 Å². The quantitative estimate of drug-likeness (QED) is 0.583. The summed E-state index contributed by atoms with van der Waals surface area (Å²) in [5.74, 6) is -0.230. The van der Waals surface area contributed by atoms with Crippen LogP contribution >= 0.6 is 0 Å². The molecule has 2 nitrogen and oxygen atoms in total. The molecular weight excluding hydrogens is 243 g/mol. The topological polar surface area (TPSA) is 26.3 Å². The Kier molecular flexibility index (Phi) is 9.74. The van der Waals surface area contributed by atoms with Gasteiger partial charge in [0, 0.05) is 6.42 Å². The molecule has 112 valence electrons. The maximum atomic E-state index is 13.5. The van der Waals surface area contributed by atoms with E-state index in [1.54, 1.807) is 0 Å². The van der Waals surface area contributed by atoms with Crippen LogP contribution in [0.2, 0.25) is 0 Å². The molecule has 1 heterocycles. The molecule has 0 amide bonds. The Morgan fingerprint density at radius 3 is 1.84 bits per heavy atom. The first-order valence-electron chi connectivity index (χ1n) is 8.09. The molecular formula is C16H29FO2. The van der Waals surface area contributed by atoms with Crippen LogP contribution < -0.4 is 0 Å². The van der Waals surface area contributed by atoms with E-state index in [4.69, 9.17) is 4.74 Å². The molecule has 3 heteroatoms. The summed E-state index contributed by atoms with van der Waals surface area (Å²) in [5.41, 5.74) is 0. The van der Waals surface area contributed by atoms with Gasteiger partial charge in [-0.1, -0.05) is 64.2 Å². The third-order valence-electron chi connectivity index (χ3n) is 3.82. The summed E-state index contributed by atoms with van der Waals surface area (Å²) in [6.45, 7) is -0.0428.